The minimum Gasteiger partial charge on any atom is -0.314 e. The fourth-order valence-corrected chi connectivity index (χ4v) is 6.69. The van der Waals surface area contributed by atoms with Crippen LogP contribution in [0.3, 0.4) is 0 Å². The van der Waals surface area contributed by atoms with Crippen molar-refractivity contribution >= 4 is 23.6 Å². The van der Waals surface area contributed by atoms with Gasteiger partial charge >= 0.3 is 6.03 Å². The number of Topliss-reactive ketones (excluding diaryl/α,β-unsaturated/α-hetero) is 1. The molecule has 1 unspecified atom stereocenters. The van der Waals surface area contributed by atoms with Crippen LogP contribution >= 0.6 is 11.8 Å². The number of ketones is 1. The van der Waals surface area contributed by atoms with Crippen LogP contribution in [0.25, 0.3) is 0 Å². The van der Waals surface area contributed by atoms with Crippen LogP contribution < -0.4 is 0 Å². The Morgan fingerprint density at radius 3 is 2.38 bits per heavy atom. The number of hydrogen-bond donors (Lipinski definition) is 0. The number of benzene rings is 2. The second-order valence-electron chi connectivity index (χ2n) is 8.28. The molecular formula is C24H26N2O2S. The molecule has 5 heteroatoms. The molecule has 0 spiro atoms. The minimum absolute atomic E-state index is 0.0169. The smallest absolute Gasteiger partial charge is 0.314 e. The molecule has 0 N–H and O–H groups in total. The zero-order chi connectivity index (χ0) is 19.8. The molecule has 0 radical (unpaired) electrons. The molecule has 2 aromatic rings. The molecule has 150 valence electrons. The molecule has 0 bridgehead atoms. The Bertz CT molecular complexity index is 888. The first-order chi connectivity index (χ1) is 14.2. The molecule has 1 aliphatic carbocycles. The van der Waals surface area contributed by atoms with Crippen LogP contribution in [0.2, 0.25) is 0 Å². The molecule has 2 aromatic carbocycles. The Hall–Kier alpha value is -2.27. The lowest BCUT2D eigenvalue weighted by atomic mass is 9.80. The van der Waals surface area contributed by atoms with Gasteiger partial charge in [0, 0.05) is 24.6 Å². The standard InChI is InChI=1S/C24H26N2O2S/c27-21-14-8-7-13-19(21)22-20-16-29-23(18-11-5-2-6-12-18)26(20)24(28)25(22)15-17-9-3-1-4-10-17/h1-6,9-12,19-20,22-23H,7-8,13-16H2/t19?,20-,22-,23-/m0/s1. The summed E-state index contributed by atoms with van der Waals surface area (Å²) in [5.74, 6) is 1.22. The molecule has 0 aromatic heterocycles. The molecule has 3 aliphatic rings. The molecule has 4 nitrogen and oxygen atoms in total. The van der Waals surface area contributed by atoms with Crippen LogP contribution in [-0.4, -0.2) is 39.5 Å². The van der Waals surface area contributed by atoms with Gasteiger partial charge in [0.15, 0.2) is 0 Å². The van der Waals surface area contributed by atoms with E-state index >= 15 is 0 Å². The van der Waals surface area contributed by atoms with Gasteiger partial charge in [-0.15, -0.1) is 11.8 Å². The highest BCUT2D eigenvalue weighted by Crippen LogP contribution is 2.49. The minimum atomic E-state index is -0.0264. The summed E-state index contributed by atoms with van der Waals surface area (Å²) >= 11 is 1.84. The van der Waals surface area contributed by atoms with Crippen molar-refractivity contribution in [2.24, 2.45) is 5.92 Å². The van der Waals surface area contributed by atoms with Crippen LogP contribution in [0, 0.1) is 5.92 Å². The van der Waals surface area contributed by atoms with Crippen molar-refractivity contribution in [2.45, 2.75) is 49.7 Å². The highest BCUT2D eigenvalue weighted by atomic mass is 32.2. The molecule has 29 heavy (non-hydrogen) atoms. The predicted molar refractivity (Wildman–Crippen MR) is 115 cm³/mol. The maximum Gasteiger partial charge on any atom is 0.322 e. The van der Waals surface area contributed by atoms with E-state index in [4.69, 9.17) is 0 Å². The Balaban J connectivity index is 1.50. The molecule has 2 amide bonds. The summed E-state index contributed by atoms with van der Waals surface area (Å²) in [4.78, 5) is 30.6. The van der Waals surface area contributed by atoms with Gasteiger partial charge in [-0.3, -0.25) is 4.79 Å². The number of nitrogens with zero attached hydrogens (tertiary/aromatic N) is 2. The van der Waals surface area contributed by atoms with E-state index in [1.165, 1.54) is 5.56 Å². The number of rotatable bonds is 4. The molecule has 2 saturated heterocycles. The third kappa shape index (κ3) is 3.35. The summed E-state index contributed by atoms with van der Waals surface area (Å²) in [5, 5.41) is 0.0377. The lowest BCUT2D eigenvalue weighted by Gasteiger charge is -2.34. The summed E-state index contributed by atoms with van der Waals surface area (Å²) in [6.45, 7) is 0.577. The molecule has 1 saturated carbocycles. The van der Waals surface area contributed by atoms with Crippen LogP contribution in [0.1, 0.15) is 42.2 Å². The van der Waals surface area contributed by atoms with E-state index in [1.54, 1.807) is 0 Å². The Morgan fingerprint density at radius 2 is 1.66 bits per heavy atom. The van der Waals surface area contributed by atoms with Crippen molar-refractivity contribution in [1.82, 2.24) is 9.80 Å². The van der Waals surface area contributed by atoms with Gasteiger partial charge in [-0.05, 0) is 24.0 Å². The highest BCUT2D eigenvalue weighted by Gasteiger charge is 2.55. The Labute approximate surface area is 176 Å². The first kappa shape index (κ1) is 18.7. The van der Waals surface area contributed by atoms with Gasteiger partial charge in [-0.1, -0.05) is 67.1 Å². The number of hydrogen-bond acceptors (Lipinski definition) is 3. The number of fused-ring (bicyclic) bond motifs is 1. The molecule has 2 heterocycles. The van der Waals surface area contributed by atoms with Gasteiger partial charge in [0.2, 0.25) is 0 Å². The zero-order valence-electron chi connectivity index (χ0n) is 16.4. The summed E-state index contributed by atoms with van der Waals surface area (Å²) in [6.07, 6.45) is 3.65. The largest absolute Gasteiger partial charge is 0.322 e. The van der Waals surface area contributed by atoms with Gasteiger partial charge < -0.3 is 9.80 Å². The van der Waals surface area contributed by atoms with E-state index in [1.807, 2.05) is 53.1 Å². The average Bonchev–Trinajstić information content (AvgIpc) is 3.30. The monoisotopic (exact) mass is 406 g/mol. The summed E-state index contributed by atoms with van der Waals surface area (Å²) in [7, 11) is 0. The van der Waals surface area contributed by atoms with Gasteiger partial charge in [0.25, 0.3) is 0 Å². The average molecular weight is 407 g/mol. The highest BCUT2D eigenvalue weighted by molar-refractivity contribution is 7.99. The van der Waals surface area contributed by atoms with Crippen molar-refractivity contribution in [3.8, 4) is 0 Å². The molecular weight excluding hydrogens is 380 g/mol. The Morgan fingerprint density at radius 1 is 0.931 bits per heavy atom. The lowest BCUT2D eigenvalue weighted by Crippen LogP contribution is -2.46. The normalized spacial score (nSPS) is 29.4. The SMILES string of the molecule is O=C1CCCCC1[C@H]1[C@@H]2CS[C@@H](c3ccccc3)N2C(=O)N1Cc1ccccc1. The fraction of sp³-hybridized carbons (Fsp3) is 0.417. The van der Waals surface area contributed by atoms with E-state index < -0.39 is 0 Å². The van der Waals surface area contributed by atoms with Crippen molar-refractivity contribution in [2.75, 3.05) is 5.75 Å². The van der Waals surface area contributed by atoms with Crippen molar-refractivity contribution in [3.63, 3.8) is 0 Å². The topological polar surface area (TPSA) is 40.6 Å². The third-order valence-electron chi connectivity index (χ3n) is 6.55. The second-order valence-corrected chi connectivity index (χ2v) is 9.39. The van der Waals surface area contributed by atoms with Crippen LogP contribution in [-0.2, 0) is 11.3 Å². The maximum absolute atomic E-state index is 13.7. The van der Waals surface area contributed by atoms with Gasteiger partial charge in [-0.2, -0.15) is 0 Å². The Kier molecular flexibility index (Phi) is 5.08. The quantitative estimate of drug-likeness (QED) is 0.728. The van der Waals surface area contributed by atoms with E-state index in [0.717, 1.165) is 30.6 Å². The first-order valence-corrected chi connectivity index (χ1v) is 11.6. The number of urea groups is 1. The number of carbonyl (C=O) groups is 2. The second kappa shape index (κ2) is 7.86. The summed E-state index contributed by atoms with van der Waals surface area (Å²) in [6, 6.07) is 20.6. The van der Waals surface area contributed by atoms with Crippen LogP contribution in [0.5, 0.6) is 0 Å². The number of thioether (sulfide) groups is 1. The van der Waals surface area contributed by atoms with Gasteiger partial charge in [0.05, 0.1) is 12.1 Å². The van der Waals surface area contributed by atoms with E-state index in [2.05, 4.69) is 29.2 Å². The van der Waals surface area contributed by atoms with E-state index in [9.17, 15) is 9.59 Å². The molecule has 5 rings (SSSR count). The maximum atomic E-state index is 13.7. The summed E-state index contributed by atoms with van der Waals surface area (Å²) in [5.41, 5.74) is 2.29. The van der Waals surface area contributed by atoms with Gasteiger partial charge in [-0.25, -0.2) is 4.79 Å². The van der Waals surface area contributed by atoms with Crippen LogP contribution in [0.4, 0.5) is 4.79 Å². The molecule has 4 atom stereocenters. The van der Waals surface area contributed by atoms with Crippen molar-refractivity contribution < 1.29 is 9.59 Å². The van der Waals surface area contributed by atoms with E-state index in [-0.39, 0.29) is 29.4 Å². The van der Waals surface area contributed by atoms with Crippen molar-refractivity contribution in [3.05, 3.63) is 71.8 Å². The predicted octanol–water partition coefficient (Wildman–Crippen LogP) is 4.87. The number of amides is 2. The summed E-state index contributed by atoms with van der Waals surface area (Å²) < 4.78 is 0. The zero-order valence-corrected chi connectivity index (χ0v) is 17.3. The molecule has 2 aliphatic heterocycles. The van der Waals surface area contributed by atoms with Gasteiger partial charge in [0.1, 0.15) is 11.2 Å². The fourth-order valence-electron chi connectivity index (χ4n) is 5.20. The first-order valence-electron chi connectivity index (χ1n) is 10.6. The third-order valence-corrected chi connectivity index (χ3v) is 7.90. The van der Waals surface area contributed by atoms with Crippen LogP contribution in [0.15, 0.2) is 60.7 Å². The van der Waals surface area contributed by atoms with Crippen molar-refractivity contribution in [1.29, 1.82) is 0 Å². The van der Waals surface area contributed by atoms with E-state index in [0.29, 0.717) is 18.7 Å². The lowest BCUT2D eigenvalue weighted by molar-refractivity contribution is -0.126. The molecule has 3 fully saturated rings. The number of carbonyl (C=O) groups excluding carboxylic acids is 2.